The minimum atomic E-state index is 0.742. The summed E-state index contributed by atoms with van der Waals surface area (Å²) in [5, 5.41) is 0. The van der Waals surface area contributed by atoms with Crippen LogP contribution in [0.5, 0.6) is 5.75 Å². The van der Waals surface area contributed by atoms with Gasteiger partial charge in [0.05, 0.1) is 7.11 Å². The van der Waals surface area contributed by atoms with Gasteiger partial charge in [-0.25, -0.2) is 9.97 Å². The fourth-order valence-electron chi connectivity index (χ4n) is 3.11. The third kappa shape index (κ3) is 3.56. The minimum Gasteiger partial charge on any atom is -0.497 e. The van der Waals surface area contributed by atoms with Crippen LogP contribution in [0.2, 0.25) is 0 Å². The smallest absolute Gasteiger partial charge is 0.132 e. The third-order valence-electron chi connectivity index (χ3n) is 4.39. The molecule has 1 aromatic carbocycles. The maximum atomic E-state index is 5.31. The van der Waals surface area contributed by atoms with E-state index in [1.807, 2.05) is 13.0 Å². The van der Waals surface area contributed by atoms with E-state index in [2.05, 4.69) is 39.1 Å². The van der Waals surface area contributed by atoms with Crippen LogP contribution in [-0.2, 0) is 6.42 Å². The van der Waals surface area contributed by atoms with Crippen molar-refractivity contribution in [2.75, 3.05) is 25.1 Å². The van der Waals surface area contributed by atoms with Gasteiger partial charge in [0.15, 0.2) is 0 Å². The number of aromatic nitrogens is 2. The predicted octanol–water partition coefficient (Wildman–Crippen LogP) is 3.25. The molecule has 0 spiro atoms. The molecule has 4 nitrogen and oxygen atoms in total. The fraction of sp³-hybridized carbons (Fsp3) is 0.444. The van der Waals surface area contributed by atoms with E-state index in [-0.39, 0.29) is 0 Å². The topological polar surface area (TPSA) is 38.2 Å². The standard InChI is InChI=1S/C18H23N3O/c1-14-10-18(20-13-19-14)21-8-6-15(7-9-21)11-16-4-3-5-17(12-16)22-2/h3-5,10,12-13,15H,6-9,11H2,1-2H3. The van der Waals surface area contributed by atoms with E-state index in [0.717, 1.165) is 42.7 Å². The second kappa shape index (κ2) is 6.77. The van der Waals surface area contributed by atoms with Crippen molar-refractivity contribution in [1.29, 1.82) is 0 Å². The van der Waals surface area contributed by atoms with E-state index in [1.54, 1.807) is 13.4 Å². The summed E-state index contributed by atoms with van der Waals surface area (Å²) >= 11 is 0. The quantitative estimate of drug-likeness (QED) is 0.868. The number of methoxy groups -OCH3 is 1. The molecular formula is C18H23N3O. The van der Waals surface area contributed by atoms with E-state index in [4.69, 9.17) is 4.74 Å². The molecule has 3 rings (SSSR count). The highest BCUT2D eigenvalue weighted by molar-refractivity contribution is 5.39. The number of ether oxygens (including phenoxy) is 1. The van der Waals surface area contributed by atoms with Crippen LogP contribution >= 0.6 is 0 Å². The van der Waals surface area contributed by atoms with Gasteiger partial charge < -0.3 is 9.64 Å². The molecule has 2 aromatic rings. The van der Waals surface area contributed by atoms with E-state index in [0.29, 0.717) is 0 Å². The minimum absolute atomic E-state index is 0.742. The van der Waals surface area contributed by atoms with Gasteiger partial charge in [-0.05, 0) is 49.8 Å². The molecule has 1 aliphatic heterocycles. The summed E-state index contributed by atoms with van der Waals surface area (Å²) < 4.78 is 5.31. The molecule has 4 heteroatoms. The average Bonchev–Trinajstić information content (AvgIpc) is 2.56. The predicted molar refractivity (Wildman–Crippen MR) is 88.4 cm³/mol. The fourth-order valence-corrected chi connectivity index (χ4v) is 3.11. The largest absolute Gasteiger partial charge is 0.497 e. The van der Waals surface area contributed by atoms with Crippen molar-refractivity contribution in [2.24, 2.45) is 5.92 Å². The van der Waals surface area contributed by atoms with Crippen LogP contribution in [0, 0.1) is 12.8 Å². The maximum absolute atomic E-state index is 5.31. The Balaban J connectivity index is 1.57. The number of aryl methyl sites for hydroxylation is 1. The number of nitrogens with zero attached hydrogens (tertiary/aromatic N) is 3. The van der Waals surface area contributed by atoms with Crippen LogP contribution in [0.3, 0.4) is 0 Å². The van der Waals surface area contributed by atoms with Gasteiger partial charge in [0.25, 0.3) is 0 Å². The van der Waals surface area contributed by atoms with Crippen molar-refractivity contribution in [3.63, 3.8) is 0 Å². The zero-order valence-electron chi connectivity index (χ0n) is 13.3. The molecule has 1 aliphatic rings. The highest BCUT2D eigenvalue weighted by Crippen LogP contribution is 2.25. The number of anilines is 1. The summed E-state index contributed by atoms with van der Waals surface area (Å²) in [6.07, 6.45) is 5.21. The molecule has 0 aliphatic carbocycles. The Hall–Kier alpha value is -2.10. The average molecular weight is 297 g/mol. The Labute approximate surface area is 132 Å². The number of piperidine rings is 1. The Morgan fingerprint density at radius 1 is 1.18 bits per heavy atom. The van der Waals surface area contributed by atoms with Gasteiger partial charge in [-0.1, -0.05) is 12.1 Å². The van der Waals surface area contributed by atoms with E-state index in [9.17, 15) is 0 Å². The Kier molecular flexibility index (Phi) is 4.56. The summed E-state index contributed by atoms with van der Waals surface area (Å²) in [6, 6.07) is 10.5. The molecule has 0 saturated carbocycles. The molecule has 0 bridgehead atoms. The van der Waals surface area contributed by atoms with Gasteiger partial charge in [-0.2, -0.15) is 0 Å². The lowest BCUT2D eigenvalue weighted by Gasteiger charge is -2.33. The van der Waals surface area contributed by atoms with Crippen LogP contribution in [-0.4, -0.2) is 30.2 Å². The zero-order chi connectivity index (χ0) is 15.4. The lowest BCUT2D eigenvalue weighted by Crippen LogP contribution is -2.34. The SMILES string of the molecule is COc1cccc(CC2CCN(c3cc(C)ncn3)CC2)c1. The number of hydrogen-bond acceptors (Lipinski definition) is 4. The second-order valence-electron chi connectivity index (χ2n) is 6.00. The van der Waals surface area contributed by atoms with E-state index < -0.39 is 0 Å². The second-order valence-corrected chi connectivity index (χ2v) is 6.00. The van der Waals surface area contributed by atoms with E-state index in [1.165, 1.54) is 18.4 Å². The first-order valence-electron chi connectivity index (χ1n) is 7.91. The Morgan fingerprint density at radius 2 is 2.00 bits per heavy atom. The molecule has 0 radical (unpaired) electrons. The summed E-state index contributed by atoms with van der Waals surface area (Å²) in [5.74, 6) is 2.75. The molecule has 0 N–H and O–H groups in total. The molecular weight excluding hydrogens is 274 g/mol. The first-order valence-corrected chi connectivity index (χ1v) is 7.91. The number of rotatable bonds is 4. The van der Waals surface area contributed by atoms with Crippen LogP contribution in [0.25, 0.3) is 0 Å². The van der Waals surface area contributed by atoms with Crippen LogP contribution in [0.1, 0.15) is 24.1 Å². The first-order chi connectivity index (χ1) is 10.7. The van der Waals surface area contributed by atoms with Gasteiger partial charge in [-0.3, -0.25) is 0 Å². The lowest BCUT2D eigenvalue weighted by atomic mass is 9.90. The van der Waals surface area contributed by atoms with Crippen molar-refractivity contribution in [3.8, 4) is 5.75 Å². The van der Waals surface area contributed by atoms with Gasteiger partial charge >= 0.3 is 0 Å². The molecule has 0 unspecified atom stereocenters. The summed E-state index contributed by atoms with van der Waals surface area (Å²) in [5.41, 5.74) is 2.40. The van der Waals surface area contributed by atoms with Crippen LogP contribution < -0.4 is 9.64 Å². The molecule has 1 saturated heterocycles. The highest BCUT2D eigenvalue weighted by Gasteiger charge is 2.20. The van der Waals surface area contributed by atoms with Crippen molar-refractivity contribution < 1.29 is 4.74 Å². The summed E-state index contributed by atoms with van der Waals surface area (Å²) in [7, 11) is 1.72. The molecule has 2 heterocycles. The van der Waals surface area contributed by atoms with Crippen molar-refractivity contribution in [2.45, 2.75) is 26.2 Å². The summed E-state index contributed by atoms with van der Waals surface area (Å²) in [4.78, 5) is 10.9. The normalized spacial score (nSPS) is 15.8. The van der Waals surface area contributed by atoms with Gasteiger partial charge in [0.1, 0.15) is 17.9 Å². The number of hydrogen-bond donors (Lipinski definition) is 0. The molecule has 0 amide bonds. The third-order valence-corrected chi connectivity index (χ3v) is 4.39. The van der Waals surface area contributed by atoms with Gasteiger partial charge in [-0.15, -0.1) is 0 Å². The lowest BCUT2D eigenvalue weighted by molar-refractivity contribution is 0.397. The molecule has 1 fully saturated rings. The van der Waals surface area contributed by atoms with Crippen molar-refractivity contribution in [3.05, 3.63) is 47.9 Å². The van der Waals surface area contributed by atoms with Gasteiger partial charge in [0.2, 0.25) is 0 Å². The van der Waals surface area contributed by atoms with Crippen molar-refractivity contribution >= 4 is 5.82 Å². The monoisotopic (exact) mass is 297 g/mol. The zero-order valence-corrected chi connectivity index (χ0v) is 13.3. The van der Waals surface area contributed by atoms with E-state index >= 15 is 0 Å². The first kappa shape index (κ1) is 14.8. The Bertz CT molecular complexity index is 621. The molecule has 0 atom stereocenters. The Morgan fingerprint density at radius 3 is 2.73 bits per heavy atom. The van der Waals surface area contributed by atoms with Crippen molar-refractivity contribution in [1.82, 2.24) is 9.97 Å². The molecule has 1 aromatic heterocycles. The molecule has 22 heavy (non-hydrogen) atoms. The molecule has 116 valence electrons. The van der Waals surface area contributed by atoms with Crippen LogP contribution in [0.4, 0.5) is 5.82 Å². The maximum Gasteiger partial charge on any atom is 0.132 e. The number of benzene rings is 1. The van der Waals surface area contributed by atoms with Crippen LogP contribution in [0.15, 0.2) is 36.7 Å². The van der Waals surface area contributed by atoms with Gasteiger partial charge in [0, 0.05) is 24.8 Å². The highest BCUT2D eigenvalue weighted by atomic mass is 16.5. The summed E-state index contributed by atoms with van der Waals surface area (Å²) in [6.45, 7) is 4.16.